The number of aromatic hydroxyl groups is 1. The van der Waals surface area contributed by atoms with Crippen LogP contribution in [0.4, 0.5) is 5.69 Å². The zero-order valence-corrected chi connectivity index (χ0v) is 14.7. The molecule has 0 bridgehead atoms. The highest BCUT2D eigenvalue weighted by Crippen LogP contribution is 2.37. The lowest BCUT2D eigenvalue weighted by atomic mass is 10.0. The molecule has 5 heteroatoms. The number of phenols is 1. The Morgan fingerprint density at radius 3 is 2.48 bits per heavy atom. The van der Waals surface area contributed by atoms with E-state index in [4.69, 9.17) is 12.2 Å². The van der Waals surface area contributed by atoms with Gasteiger partial charge in [0.1, 0.15) is 5.75 Å². The van der Waals surface area contributed by atoms with Crippen LogP contribution in [0.3, 0.4) is 0 Å². The van der Waals surface area contributed by atoms with Crippen molar-refractivity contribution in [2.75, 3.05) is 4.90 Å². The molecular formula is C20H13NO2S2. The highest BCUT2D eigenvalue weighted by Gasteiger charge is 2.33. The standard InChI is InChI=1S/C20H13NO2S2/c22-16-10-8-15(9-11-16)21-19(23)18(25-20(21)24)12-14-6-3-5-13-4-1-2-7-17(13)14/h1-12,22H/b18-12-. The van der Waals surface area contributed by atoms with Crippen molar-refractivity contribution >= 4 is 56.7 Å². The largest absolute Gasteiger partial charge is 0.508 e. The molecule has 1 saturated heterocycles. The van der Waals surface area contributed by atoms with Crippen molar-refractivity contribution in [2.45, 2.75) is 0 Å². The van der Waals surface area contributed by atoms with Gasteiger partial charge in [0.15, 0.2) is 4.32 Å². The summed E-state index contributed by atoms with van der Waals surface area (Å²) in [4.78, 5) is 14.9. The number of fused-ring (bicyclic) bond motifs is 1. The highest BCUT2D eigenvalue weighted by molar-refractivity contribution is 8.27. The monoisotopic (exact) mass is 363 g/mol. The molecule has 0 radical (unpaired) electrons. The second-order valence-corrected chi connectivity index (χ2v) is 7.28. The summed E-state index contributed by atoms with van der Waals surface area (Å²) in [6.07, 6.45) is 1.89. The van der Waals surface area contributed by atoms with Crippen LogP contribution < -0.4 is 4.90 Å². The number of phenolic OH excluding ortho intramolecular Hbond substituents is 1. The van der Waals surface area contributed by atoms with Gasteiger partial charge in [-0.3, -0.25) is 9.69 Å². The molecule has 1 N–H and O–H groups in total. The van der Waals surface area contributed by atoms with E-state index in [1.54, 1.807) is 24.3 Å². The highest BCUT2D eigenvalue weighted by atomic mass is 32.2. The van der Waals surface area contributed by atoms with Crippen molar-refractivity contribution in [3.8, 4) is 5.75 Å². The first-order chi connectivity index (χ1) is 12.1. The van der Waals surface area contributed by atoms with Crippen molar-refractivity contribution in [2.24, 2.45) is 0 Å². The van der Waals surface area contributed by atoms with E-state index in [2.05, 4.69) is 0 Å². The van der Waals surface area contributed by atoms with E-state index in [-0.39, 0.29) is 11.7 Å². The summed E-state index contributed by atoms with van der Waals surface area (Å²) in [6.45, 7) is 0. The van der Waals surface area contributed by atoms with E-state index in [1.807, 2.05) is 48.5 Å². The van der Waals surface area contributed by atoms with Crippen LogP contribution in [0.25, 0.3) is 16.8 Å². The number of benzene rings is 3. The molecule has 25 heavy (non-hydrogen) atoms. The molecule has 0 spiro atoms. The molecule has 3 nitrogen and oxygen atoms in total. The Labute approximate surface area is 154 Å². The summed E-state index contributed by atoms with van der Waals surface area (Å²) in [7, 11) is 0. The first-order valence-electron chi connectivity index (χ1n) is 7.68. The van der Waals surface area contributed by atoms with Crippen LogP contribution in [0.1, 0.15) is 5.56 Å². The molecule has 4 rings (SSSR count). The minimum Gasteiger partial charge on any atom is -0.508 e. The molecule has 3 aromatic rings. The second-order valence-electron chi connectivity index (χ2n) is 5.60. The van der Waals surface area contributed by atoms with Crippen LogP contribution in [0.15, 0.2) is 71.6 Å². The maximum absolute atomic E-state index is 12.8. The summed E-state index contributed by atoms with van der Waals surface area (Å²) in [5.41, 5.74) is 1.64. The Hall–Kier alpha value is -2.63. The molecule has 1 fully saturated rings. The fraction of sp³-hybridized carbons (Fsp3) is 0. The van der Waals surface area contributed by atoms with Crippen molar-refractivity contribution < 1.29 is 9.90 Å². The molecule has 1 heterocycles. The quantitative estimate of drug-likeness (QED) is 0.516. The minimum absolute atomic E-state index is 0.145. The van der Waals surface area contributed by atoms with Crippen molar-refractivity contribution in [1.29, 1.82) is 0 Å². The van der Waals surface area contributed by atoms with Crippen LogP contribution in [0.5, 0.6) is 5.75 Å². The number of anilines is 1. The molecule has 0 aromatic heterocycles. The van der Waals surface area contributed by atoms with Gasteiger partial charge in [-0.25, -0.2) is 0 Å². The fourth-order valence-electron chi connectivity index (χ4n) is 2.81. The molecule has 0 atom stereocenters. The Morgan fingerprint density at radius 2 is 1.68 bits per heavy atom. The molecule has 1 aliphatic rings. The molecule has 0 aliphatic carbocycles. The third kappa shape index (κ3) is 2.92. The van der Waals surface area contributed by atoms with Gasteiger partial charge in [-0.15, -0.1) is 0 Å². The van der Waals surface area contributed by atoms with E-state index in [9.17, 15) is 9.90 Å². The topological polar surface area (TPSA) is 40.5 Å². The van der Waals surface area contributed by atoms with Crippen molar-refractivity contribution in [1.82, 2.24) is 0 Å². The van der Waals surface area contributed by atoms with E-state index in [0.717, 1.165) is 16.3 Å². The van der Waals surface area contributed by atoms with Crippen LogP contribution >= 0.6 is 24.0 Å². The Bertz CT molecular complexity index is 1020. The number of carbonyl (C=O) groups excluding carboxylic acids is 1. The number of hydrogen-bond acceptors (Lipinski definition) is 4. The summed E-state index contributed by atoms with van der Waals surface area (Å²) in [5.74, 6) is 0.00844. The van der Waals surface area contributed by atoms with E-state index < -0.39 is 0 Å². The first kappa shape index (κ1) is 15.9. The van der Waals surface area contributed by atoms with Gasteiger partial charge >= 0.3 is 0 Å². The number of amides is 1. The molecule has 0 unspecified atom stereocenters. The number of rotatable bonds is 2. The Balaban J connectivity index is 1.74. The van der Waals surface area contributed by atoms with Gasteiger partial charge in [-0.2, -0.15) is 0 Å². The number of nitrogens with zero attached hydrogens (tertiary/aromatic N) is 1. The Kier molecular flexibility index (Phi) is 4.03. The van der Waals surface area contributed by atoms with Gasteiger partial charge in [0.05, 0.1) is 10.6 Å². The summed E-state index contributed by atoms with van der Waals surface area (Å²) >= 11 is 6.68. The zero-order valence-electron chi connectivity index (χ0n) is 13.0. The van der Waals surface area contributed by atoms with E-state index in [0.29, 0.717) is 14.9 Å². The fourth-order valence-corrected chi connectivity index (χ4v) is 4.10. The molecular weight excluding hydrogens is 350 g/mol. The lowest BCUT2D eigenvalue weighted by Gasteiger charge is -2.14. The van der Waals surface area contributed by atoms with Crippen molar-refractivity contribution in [3.05, 3.63) is 77.2 Å². The van der Waals surface area contributed by atoms with Crippen LogP contribution in [-0.2, 0) is 4.79 Å². The average molecular weight is 363 g/mol. The van der Waals surface area contributed by atoms with Gasteiger partial charge in [-0.1, -0.05) is 66.4 Å². The van der Waals surface area contributed by atoms with Gasteiger partial charge in [-0.05, 0) is 46.7 Å². The summed E-state index contributed by atoms with van der Waals surface area (Å²) in [5, 5.41) is 11.7. The zero-order chi connectivity index (χ0) is 17.4. The van der Waals surface area contributed by atoms with Gasteiger partial charge in [0, 0.05) is 0 Å². The molecule has 1 amide bonds. The molecule has 122 valence electrons. The van der Waals surface area contributed by atoms with Crippen molar-refractivity contribution in [3.63, 3.8) is 0 Å². The Morgan fingerprint density at radius 1 is 0.960 bits per heavy atom. The van der Waals surface area contributed by atoms with Crippen LogP contribution in [-0.4, -0.2) is 15.3 Å². The number of thioether (sulfide) groups is 1. The third-order valence-corrected chi connectivity index (χ3v) is 5.31. The van der Waals surface area contributed by atoms with Gasteiger partial charge in [0.2, 0.25) is 0 Å². The predicted octanol–water partition coefficient (Wildman–Crippen LogP) is 4.95. The maximum Gasteiger partial charge on any atom is 0.270 e. The molecule has 0 saturated carbocycles. The normalized spacial score (nSPS) is 16.2. The second kappa shape index (κ2) is 6.35. The third-order valence-electron chi connectivity index (χ3n) is 4.01. The predicted molar refractivity (Wildman–Crippen MR) is 108 cm³/mol. The van der Waals surface area contributed by atoms with E-state index >= 15 is 0 Å². The summed E-state index contributed by atoms with van der Waals surface area (Å²) in [6, 6.07) is 20.6. The number of carbonyl (C=O) groups is 1. The minimum atomic E-state index is -0.145. The maximum atomic E-state index is 12.8. The van der Waals surface area contributed by atoms with Gasteiger partial charge < -0.3 is 5.11 Å². The summed E-state index contributed by atoms with van der Waals surface area (Å²) < 4.78 is 0.488. The smallest absolute Gasteiger partial charge is 0.270 e. The number of hydrogen-bond donors (Lipinski definition) is 1. The number of thiocarbonyl (C=S) groups is 1. The SMILES string of the molecule is O=C1/C(=C/c2cccc3ccccc23)SC(=S)N1c1ccc(O)cc1. The lowest BCUT2D eigenvalue weighted by molar-refractivity contribution is -0.113. The average Bonchev–Trinajstić information content (AvgIpc) is 2.90. The van der Waals surface area contributed by atoms with Crippen LogP contribution in [0, 0.1) is 0 Å². The molecule has 3 aromatic carbocycles. The first-order valence-corrected chi connectivity index (χ1v) is 8.91. The van der Waals surface area contributed by atoms with Crippen LogP contribution in [0.2, 0.25) is 0 Å². The lowest BCUT2D eigenvalue weighted by Crippen LogP contribution is -2.27. The molecule has 1 aliphatic heterocycles. The van der Waals surface area contributed by atoms with E-state index in [1.165, 1.54) is 16.7 Å². The van der Waals surface area contributed by atoms with Gasteiger partial charge in [0.25, 0.3) is 5.91 Å².